The van der Waals surface area contributed by atoms with Gasteiger partial charge in [0.2, 0.25) is 0 Å². The van der Waals surface area contributed by atoms with E-state index in [9.17, 15) is 9.59 Å². The van der Waals surface area contributed by atoms with Gasteiger partial charge in [0.15, 0.2) is 17.3 Å². The number of carbonyl (C=O) groups is 2. The van der Waals surface area contributed by atoms with Crippen molar-refractivity contribution in [2.24, 2.45) is 5.41 Å². The molecule has 0 saturated heterocycles. The van der Waals surface area contributed by atoms with Crippen LogP contribution in [-0.2, 0) is 20.7 Å². The molecule has 0 bridgehead atoms. The zero-order valence-corrected chi connectivity index (χ0v) is 24.3. The van der Waals surface area contributed by atoms with E-state index in [2.05, 4.69) is 15.3 Å². The molecule has 4 aromatic rings. The number of allylic oxidation sites excluding steroid dienone is 2. The molecule has 1 N–H and O–H groups in total. The van der Waals surface area contributed by atoms with Crippen LogP contribution in [0.4, 0.5) is 5.69 Å². The van der Waals surface area contributed by atoms with Gasteiger partial charge in [-0.2, -0.15) is 0 Å². The van der Waals surface area contributed by atoms with Crippen LogP contribution in [0.15, 0.2) is 72.7 Å². The number of imidazole rings is 1. The summed E-state index contributed by atoms with van der Waals surface area (Å²) >= 11 is 0. The number of fused-ring (bicyclic) bond motifs is 1. The van der Waals surface area contributed by atoms with E-state index in [0.717, 1.165) is 71.6 Å². The number of pyridine rings is 2. The molecule has 1 aromatic carbocycles. The summed E-state index contributed by atoms with van der Waals surface area (Å²) in [5.41, 5.74) is 5.59. The third kappa shape index (κ3) is 5.04. The van der Waals surface area contributed by atoms with Crippen LogP contribution in [0.25, 0.3) is 28.4 Å². The highest BCUT2D eigenvalue weighted by molar-refractivity contribution is 6.05. The Morgan fingerprint density at radius 1 is 1.07 bits per heavy atom. The summed E-state index contributed by atoms with van der Waals surface area (Å²) < 4.78 is 7.44. The van der Waals surface area contributed by atoms with Gasteiger partial charge in [-0.1, -0.05) is 31.4 Å². The summed E-state index contributed by atoms with van der Waals surface area (Å²) in [5.74, 6) is 0.566. The van der Waals surface area contributed by atoms with Gasteiger partial charge in [-0.05, 0) is 61.7 Å². The summed E-state index contributed by atoms with van der Waals surface area (Å²) in [5, 5.41) is 3.42. The number of anilines is 1. The largest absolute Gasteiger partial charge is 0.464 e. The van der Waals surface area contributed by atoms with Crippen LogP contribution in [0.5, 0.6) is 0 Å². The Kier molecular flexibility index (Phi) is 7.49. The average Bonchev–Trinajstić information content (AvgIpc) is 3.41. The third-order valence-electron chi connectivity index (χ3n) is 8.41. The number of benzene rings is 1. The molecule has 216 valence electrons. The van der Waals surface area contributed by atoms with Gasteiger partial charge in [0, 0.05) is 56.1 Å². The number of hydrogen-bond acceptors (Lipinski definition) is 8. The number of hydrogen-bond donors (Lipinski definition) is 1. The summed E-state index contributed by atoms with van der Waals surface area (Å²) in [6.07, 6.45) is 10.5. The maximum absolute atomic E-state index is 13.0. The Hall–Kier alpha value is -4.53. The highest BCUT2D eigenvalue weighted by Gasteiger charge is 2.49. The van der Waals surface area contributed by atoms with Crippen molar-refractivity contribution in [1.29, 1.82) is 0 Å². The summed E-state index contributed by atoms with van der Waals surface area (Å²) in [6.45, 7) is 2.11. The van der Waals surface area contributed by atoms with Crippen LogP contribution in [0, 0.1) is 5.41 Å². The first-order chi connectivity index (χ1) is 20.4. The van der Waals surface area contributed by atoms with Gasteiger partial charge in [-0.3, -0.25) is 14.3 Å². The second-order valence-electron chi connectivity index (χ2n) is 11.3. The van der Waals surface area contributed by atoms with E-state index in [1.54, 1.807) is 18.5 Å². The minimum atomic E-state index is -0.585. The van der Waals surface area contributed by atoms with E-state index >= 15 is 0 Å². The lowest BCUT2D eigenvalue weighted by Crippen LogP contribution is -2.52. The first-order valence-electron chi connectivity index (χ1n) is 14.7. The van der Waals surface area contributed by atoms with Crippen molar-refractivity contribution in [1.82, 2.24) is 24.8 Å². The van der Waals surface area contributed by atoms with Crippen LogP contribution in [0.1, 0.15) is 44.6 Å². The van der Waals surface area contributed by atoms with E-state index in [-0.39, 0.29) is 11.8 Å². The molecule has 0 amide bonds. The second-order valence-corrected chi connectivity index (χ2v) is 11.3. The van der Waals surface area contributed by atoms with Crippen LogP contribution >= 0.6 is 0 Å². The SMILES string of the molecule is CCOC(=O)[C@H](Cc1ccc(-n2c(-c3cc(N(C)C)ccn3)nc3cccnc32)cc1)NC1=CC(=O)C12CCCCC2. The minimum absolute atomic E-state index is 0.180. The molecule has 42 heavy (non-hydrogen) atoms. The number of rotatable bonds is 9. The van der Waals surface area contributed by atoms with E-state index in [4.69, 9.17) is 9.72 Å². The van der Waals surface area contributed by atoms with Crippen molar-refractivity contribution in [3.05, 3.63) is 78.3 Å². The lowest BCUT2D eigenvalue weighted by atomic mass is 9.62. The molecule has 6 rings (SSSR count). The predicted octanol–water partition coefficient (Wildman–Crippen LogP) is 5.03. The van der Waals surface area contributed by atoms with E-state index < -0.39 is 11.5 Å². The van der Waals surface area contributed by atoms with Crippen molar-refractivity contribution < 1.29 is 14.3 Å². The fourth-order valence-electron chi connectivity index (χ4n) is 6.10. The molecule has 2 aliphatic carbocycles. The van der Waals surface area contributed by atoms with Gasteiger partial charge in [-0.25, -0.2) is 14.8 Å². The molecule has 0 aliphatic heterocycles. The molecule has 3 heterocycles. The van der Waals surface area contributed by atoms with Crippen molar-refractivity contribution in [3.63, 3.8) is 0 Å². The molecule has 1 fully saturated rings. The van der Waals surface area contributed by atoms with Gasteiger partial charge >= 0.3 is 5.97 Å². The van der Waals surface area contributed by atoms with Gasteiger partial charge in [0.25, 0.3) is 0 Å². The molecular weight excluding hydrogens is 528 g/mol. The molecule has 2 aliphatic rings. The molecule has 1 atom stereocenters. The molecule has 1 saturated carbocycles. The van der Waals surface area contributed by atoms with Crippen LogP contribution in [0.2, 0.25) is 0 Å². The second kappa shape index (κ2) is 11.4. The molecule has 0 radical (unpaired) electrons. The predicted molar refractivity (Wildman–Crippen MR) is 162 cm³/mol. The molecule has 1 spiro atoms. The molecule has 9 nitrogen and oxygen atoms in total. The van der Waals surface area contributed by atoms with E-state index in [0.29, 0.717) is 18.9 Å². The Labute approximate surface area is 245 Å². The van der Waals surface area contributed by atoms with Crippen LogP contribution in [-0.4, -0.2) is 58.0 Å². The third-order valence-corrected chi connectivity index (χ3v) is 8.41. The van der Waals surface area contributed by atoms with Crippen molar-refractivity contribution >= 4 is 28.6 Å². The summed E-state index contributed by atoms with van der Waals surface area (Å²) in [4.78, 5) is 41.8. The van der Waals surface area contributed by atoms with E-state index in [1.807, 2.05) is 79.0 Å². The minimum Gasteiger partial charge on any atom is -0.464 e. The zero-order chi connectivity index (χ0) is 29.3. The lowest BCUT2D eigenvalue weighted by Gasteiger charge is -2.44. The van der Waals surface area contributed by atoms with Crippen molar-refractivity contribution in [2.45, 2.75) is 51.5 Å². The number of ketones is 1. The zero-order valence-electron chi connectivity index (χ0n) is 24.3. The number of esters is 1. The van der Waals surface area contributed by atoms with Crippen LogP contribution < -0.4 is 10.2 Å². The number of nitrogens with zero attached hydrogens (tertiary/aromatic N) is 5. The van der Waals surface area contributed by atoms with E-state index in [1.165, 1.54) is 0 Å². The molecular formula is C33H36N6O3. The van der Waals surface area contributed by atoms with Crippen molar-refractivity contribution in [2.75, 3.05) is 25.6 Å². The van der Waals surface area contributed by atoms with Crippen LogP contribution in [0.3, 0.4) is 0 Å². The number of aromatic nitrogens is 4. The Balaban J connectivity index is 1.30. The van der Waals surface area contributed by atoms with Gasteiger partial charge in [0.1, 0.15) is 17.3 Å². The molecule has 3 aromatic heterocycles. The first-order valence-corrected chi connectivity index (χ1v) is 14.7. The number of carbonyl (C=O) groups excluding carboxylic acids is 2. The summed E-state index contributed by atoms with van der Waals surface area (Å²) in [6, 6.07) is 15.3. The quantitative estimate of drug-likeness (QED) is 0.283. The highest BCUT2D eigenvalue weighted by Crippen LogP contribution is 2.48. The Morgan fingerprint density at radius 2 is 1.86 bits per heavy atom. The fourth-order valence-corrected chi connectivity index (χ4v) is 6.10. The normalized spacial score (nSPS) is 16.5. The highest BCUT2D eigenvalue weighted by atomic mass is 16.5. The first kappa shape index (κ1) is 27.6. The monoisotopic (exact) mass is 564 g/mol. The topological polar surface area (TPSA) is 102 Å². The smallest absolute Gasteiger partial charge is 0.328 e. The Bertz CT molecular complexity index is 1650. The molecule has 9 heteroatoms. The number of nitrogens with one attached hydrogen (secondary N) is 1. The van der Waals surface area contributed by atoms with Gasteiger partial charge in [-0.15, -0.1) is 0 Å². The maximum Gasteiger partial charge on any atom is 0.328 e. The Morgan fingerprint density at radius 3 is 2.57 bits per heavy atom. The standard InChI is InChI=1S/C33H36N6O3/c1-4-42-32(41)27(36-28-21-29(40)33(28)15-6-5-7-16-33)19-22-10-12-23(13-11-22)39-30-25(9-8-17-35-30)37-31(39)26-20-24(38(2)3)14-18-34-26/h8-14,17-18,20-21,27,36H,4-7,15-16,19H2,1-3H3/t27-/m0/s1. The summed E-state index contributed by atoms with van der Waals surface area (Å²) in [7, 11) is 3.99. The maximum atomic E-state index is 13.0. The van der Waals surface area contributed by atoms with Crippen molar-refractivity contribution in [3.8, 4) is 17.2 Å². The van der Waals surface area contributed by atoms with Gasteiger partial charge in [0.05, 0.1) is 12.0 Å². The molecule has 0 unspecified atom stereocenters. The van der Waals surface area contributed by atoms with Gasteiger partial charge < -0.3 is 15.0 Å². The number of ether oxygens (including phenoxy) is 1. The average molecular weight is 565 g/mol. The lowest BCUT2D eigenvalue weighted by molar-refractivity contribution is -0.146. The fraction of sp³-hybridized carbons (Fsp3) is 0.364.